The second kappa shape index (κ2) is 8.97. The Kier molecular flexibility index (Phi) is 5.20. The van der Waals surface area contributed by atoms with Crippen molar-refractivity contribution in [2.45, 2.75) is 19.3 Å². The van der Waals surface area contributed by atoms with Gasteiger partial charge in [-0.1, -0.05) is 129 Å². The molecule has 0 fully saturated rings. The Morgan fingerprint density at radius 1 is 0.512 bits per heavy atom. The van der Waals surface area contributed by atoms with Gasteiger partial charge in [0, 0.05) is 44.3 Å². The smallest absolute Gasteiger partial charge is 0.143 e. The molecule has 0 amide bonds. The highest BCUT2D eigenvalue weighted by molar-refractivity contribution is 6.13. The molecular weight excluding hydrogens is 498 g/mol. The molecule has 0 saturated heterocycles. The zero-order valence-corrected chi connectivity index (χ0v) is 23.1. The van der Waals surface area contributed by atoms with Gasteiger partial charge in [-0.25, -0.2) is 0 Å². The molecule has 0 aliphatic heterocycles. The summed E-state index contributed by atoms with van der Waals surface area (Å²) in [7, 11) is 0. The van der Waals surface area contributed by atoms with E-state index in [1.54, 1.807) is 0 Å². The number of fused-ring (bicyclic) bond motifs is 6. The van der Waals surface area contributed by atoms with Gasteiger partial charge in [0.05, 0.1) is 0 Å². The van der Waals surface area contributed by atoms with Gasteiger partial charge < -0.3 is 9.73 Å². The molecule has 41 heavy (non-hydrogen) atoms. The first kappa shape index (κ1) is 23.8. The Morgan fingerprint density at radius 2 is 1.10 bits per heavy atom. The van der Waals surface area contributed by atoms with E-state index in [-0.39, 0.29) is 5.41 Å². The molecule has 1 aliphatic carbocycles. The summed E-state index contributed by atoms with van der Waals surface area (Å²) < 4.78 is 6.68. The molecule has 2 nitrogen and oxygen atoms in total. The van der Waals surface area contributed by atoms with Gasteiger partial charge in [0.2, 0.25) is 0 Å². The Morgan fingerprint density at radius 3 is 1.88 bits per heavy atom. The lowest BCUT2D eigenvalue weighted by atomic mass is 9.82. The summed E-state index contributed by atoms with van der Waals surface area (Å²) in [6.45, 7) is 4.64. The maximum absolute atomic E-state index is 6.68. The minimum absolute atomic E-state index is 0.0268. The molecule has 0 saturated carbocycles. The van der Waals surface area contributed by atoms with Crippen molar-refractivity contribution in [2.24, 2.45) is 0 Å². The van der Waals surface area contributed by atoms with Crippen LogP contribution in [0.15, 0.2) is 138 Å². The predicted octanol–water partition coefficient (Wildman–Crippen LogP) is 11.0. The van der Waals surface area contributed by atoms with Crippen LogP contribution in [-0.2, 0) is 5.41 Å². The molecular formula is C39H29NO. The zero-order valence-electron chi connectivity index (χ0n) is 23.1. The van der Waals surface area contributed by atoms with Crippen molar-refractivity contribution in [1.29, 1.82) is 0 Å². The van der Waals surface area contributed by atoms with Gasteiger partial charge in [-0.15, -0.1) is 0 Å². The van der Waals surface area contributed by atoms with Gasteiger partial charge in [0.15, 0.2) is 0 Å². The van der Waals surface area contributed by atoms with E-state index >= 15 is 0 Å². The number of rotatable bonds is 4. The van der Waals surface area contributed by atoms with Crippen LogP contribution in [0.3, 0.4) is 0 Å². The molecule has 0 atom stereocenters. The number of anilines is 2. The number of hydrogen-bond acceptors (Lipinski definition) is 2. The van der Waals surface area contributed by atoms with E-state index in [4.69, 9.17) is 4.42 Å². The topological polar surface area (TPSA) is 25.2 Å². The molecule has 2 heteroatoms. The molecule has 0 radical (unpaired) electrons. The van der Waals surface area contributed by atoms with Crippen LogP contribution in [0.25, 0.3) is 55.3 Å². The van der Waals surface area contributed by atoms with E-state index in [0.29, 0.717) is 0 Å². The van der Waals surface area contributed by atoms with Crippen molar-refractivity contribution >= 4 is 33.3 Å². The van der Waals surface area contributed by atoms with Gasteiger partial charge in [-0.2, -0.15) is 0 Å². The summed E-state index contributed by atoms with van der Waals surface area (Å²) in [4.78, 5) is 0. The van der Waals surface area contributed by atoms with Gasteiger partial charge in [-0.3, -0.25) is 0 Å². The highest BCUT2D eigenvalue weighted by Crippen LogP contribution is 2.51. The molecule has 6 aromatic carbocycles. The van der Waals surface area contributed by atoms with Crippen LogP contribution >= 0.6 is 0 Å². The minimum Gasteiger partial charge on any atom is -0.455 e. The van der Waals surface area contributed by atoms with Crippen molar-refractivity contribution < 1.29 is 4.42 Å². The lowest BCUT2D eigenvalue weighted by Crippen LogP contribution is -2.14. The number of para-hydroxylation sites is 2. The SMILES string of the molecule is CC1(C)c2ccccc2-c2c(Nc3cccc(-c4cccc5c4oc4c(-c6ccccc6)cccc45)c3)cccc21. The molecule has 7 aromatic rings. The molecule has 0 spiro atoms. The molecule has 1 N–H and O–H groups in total. The average Bonchev–Trinajstić information content (AvgIpc) is 3.51. The highest BCUT2D eigenvalue weighted by Gasteiger charge is 2.36. The van der Waals surface area contributed by atoms with Crippen LogP contribution in [-0.4, -0.2) is 0 Å². The third kappa shape index (κ3) is 3.64. The minimum atomic E-state index is -0.0268. The third-order valence-electron chi connectivity index (χ3n) is 8.67. The fourth-order valence-corrected chi connectivity index (χ4v) is 6.67. The van der Waals surface area contributed by atoms with Gasteiger partial charge in [0.1, 0.15) is 11.2 Å². The zero-order chi connectivity index (χ0) is 27.6. The van der Waals surface area contributed by atoms with Crippen molar-refractivity contribution in [3.8, 4) is 33.4 Å². The average molecular weight is 528 g/mol. The normalized spacial score (nSPS) is 13.3. The fraction of sp³-hybridized carbons (Fsp3) is 0.0769. The number of hydrogen-bond donors (Lipinski definition) is 1. The Hall–Kier alpha value is -5.08. The van der Waals surface area contributed by atoms with Crippen LogP contribution < -0.4 is 5.32 Å². The summed E-state index contributed by atoms with van der Waals surface area (Å²) in [6, 6.07) is 47.4. The second-order valence-corrected chi connectivity index (χ2v) is 11.4. The third-order valence-corrected chi connectivity index (χ3v) is 8.67. The lowest BCUT2D eigenvalue weighted by Gasteiger charge is -2.21. The van der Waals surface area contributed by atoms with Gasteiger partial charge in [-0.05, 0) is 46.0 Å². The summed E-state index contributed by atoms with van der Waals surface area (Å²) in [5.74, 6) is 0. The summed E-state index contributed by atoms with van der Waals surface area (Å²) in [5, 5.41) is 6.04. The van der Waals surface area contributed by atoms with Crippen LogP contribution in [0.2, 0.25) is 0 Å². The summed E-state index contributed by atoms with van der Waals surface area (Å²) in [5.41, 5.74) is 13.8. The standard InChI is InChI=1S/C39H29NO/c1-39(2)33-21-7-6-16-32(33)36-34(39)22-11-23-35(36)40-27-15-8-14-26(24-27)29-18-10-20-31-30-19-9-17-28(37(30)41-38(29)31)25-12-4-3-5-13-25/h3-24,40H,1-2H3. The molecule has 0 bridgehead atoms. The Bertz CT molecular complexity index is 2100. The first-order valence-corrected chi connectivity index (χ1v) is 14.2. The fourth-order valence-electron chi connectivity index (χ4n) is 6.67. The van der Waals surface area contributed by atoms with E-state index in [2.05, 4.69) is 147 Å². The summed E-state index contributed by atoms with van der Waals surface area (Å²) in [6.07, 6.45) is 0. The van der Waals surface area contributed by atoms with Crippen molar-refractivity contribution in [3.05, 3.63) is 145 Å². The largest absolute Gasteiger partial charge is 0.455 e. The highest BCUT2D eigenvalue weighted by atomic mass is 16.3. The molecule has 0 unspecified atom stereocenters. The number of benzene rings is 6. The van der Waals surface area contributed by atoms with E-state index < -0.39 is 0 Å². The van der Waals surface area contributed by atoms with E-state index in [9.17, 15) is 0 Å². The summed E-state index contributed by atoms with van der Waals surface area (Å²) >= 11 is 0. The van der Waals surface area contributed by atoms with Crippen LogP contribution in [0.4, 0.5) is 11.4 Å². The van der Waals surface area contributed by atoms with Gasteiger partial charge in [0.25, 0.3) is 0 Å². The van der Waals surface area contributed by atoms with Crippen molar-refractivity contribution in [2.75, 3.05) is 5.32 Å². The van der Waals surface area contributed by atoms with E-state index in [1.165, 1.54) is 22.3 Å². The van der Waals surface area contributed by atoms with Crippen LogP contribution in [0.1, 0.15) is 25.0 Å². The lowest BCUT2D eigenvalue weighted by molar-refractivity contribution is 0.660. The van der Waals surface area contributed by atoms with E-state index in [1.807, 2.05) is 6.07 Å². The Labute approximate surface area is 239 Å². The molecule has 8 rings (SSSR count). The van der Waals surface area contributed by atoms with Crippen molar-refractivity contribution in [3.63, 3.8) is 0 Å². The van der Waals surface area contributed by atoms with Crippen LogP contribution in [0, 0.1) is 0 Å². The number of furan rings is 1. The molecule has 1 aromatic heterocycles. The van der Waals surface area contributed by atoms with E-state index in [0.717, 1.165) is 55.6 Å². The molecule has 1 heterocycles. The van der Waals surface area contributed by atoms with Crippen LogP contribution in [0.5, 0.6) is 0 Å². The predicted molar refractivity (Wildman–Crippen MR) is 172 cm³/mol. The van der Waals surface area contributed by atoms with Gasteiger partial charge >= 0.3 is 0 Å². The first-order chi connectivity index (χ1) is 20.1. The van der Waals surface area contributed by atoms with Crippen molar-refractivity contribution in [1.82, 2.24) is 0 Å². The molecule has 1 aliphatic rings. The monoisotopic (exact) mass is 527 g/mol. The maximum atomic E-state index is 6.68. The number of nitrogens with one attached hydrogen (secondary N) is 1. The maximum Gasteiger partial charge on any atom is 0.143 e. The Balaban J connectivity index is 1.23. The first-order valence-electron chi connectivity index (χ1n) is 14.2. The quantitative estimate of drug-likeness (QED) is 0.246. The molecule has 196 valence electrons. The second-order valence-electron chi connectivity index (χ2n) is 11.4.